The highest BCUT2D eigenvalue weighted by Gasteiger charge is 2.29. The van der Waals surface area contributed by atoms with Gasteiger partial charge in [0.2, 0.25) is 0 Å². The zero-order chi connectivity index (χ0) is 22.0. The number of aromatic nitrogens is 3. The molecule has 0 bridgehead atoms. The average molecular weight is 438 g/mol. The number of amides is 2. The minimum atomic E-state index is -0.283. The van der Waals surface area contributed by atoms with Gasteiger partial charge in [0.1, 0.15) is 16.7 Å². The lowest BCUT2D eigenvalue weighted by molar-refractivity contribution is -0.0245. The van der Waals surface area contributed by atoms with Crippen molar-refractivity contribution >= 4 is 23.2 Å². The zero-order valence-corrected chi connectivity index (χ0v) is 18.4. The maximum Gasteiger partial charge on any atom is 0.269 e. The molecule has 3 aromatic heterocycles. The molecule has 1 saturated heterocycles. The van der Waals surface area contributed by atoms with Crippen molar-refractivity contribution < 1.29 is 14.3 Å². The first kappa shape index (κ1) is 21.1. The molecule has 4 rings (SSSR count). The highest BCUT2D eigenvalue weighted by atomic mass is 32.1. The Balaban J connectivity index is 1.46. The van der Waals surface area contributed by atoms with Gasteiger partial charge in [-0.05, 0) is 26.0 Å². The Labute approximate surface area is 184 Å². The summed E-state index contributed by atoms with van der Waals surface area (Å²) in [5.74, 6) is -0.229. The fraction of sp³-hybridized carbons (Fsp3) is 0.318. The van der Waals surface area contributed by atoms with Crippen LogP contribution in [0.1, 0.15) is 42.7 Å². The number of nitrogens with zero attached hydrogens (tertiary/aromatic N) is 4. The molecule has 1 fully saturated rings. The van der Waals surface area contributed by atoms with Crippen molar-refractivity contribution in [2.75, 3.05) is 26.7 Å². The van der Waals surface area contributed by atoms with E-state index >= 15 is 0 Å². The van der Waals surface area contributed by atoms with Crippen molar-refractivity contribution in [2.45, 2.75) is 20.0 Å². The van der Waals surface area contributed by atoms with Gasteiger partial charge in [0, 0.05) is 37.1 Å². The van der Waals surface area contributed by atoms with Crippen molar-refractivity contribution in [3.63, 3.8) is 0 Å². The van der Waals surface area contributed by atoms with Crippen molar-refractivity contribution in [1.29, 1.82) is 0 Å². The molecule has 0 aliphatic carbocycles. The minimum absolute atomic E-state index is 0.00435. The predicted octanol–water partition coefficient (Wildman–Crippen LogP) is 2.79. The molecule has 0 aromatic carbocycles. The highest BCUT2D eigenvalue weighted by molar-refractivity contribution is 7.13. The molecule has 2 amide bonds. The first-order chi connectivity index (χ1) is 15.0. The fourth-order valence-corrected chi connectivity index (χ4v) is 4.37. The van der Waals surface area contributed by atoms with Crippen LogP contribution in [0.4, 0.5) is 0 Å². The van der Waals surface area contributed by atoms with E-state index in [1.54, 1.807) is 25.5 Å². The van der Waals surface area contributed by atoms with Gasteiger partial charge in [-0.15, -0.1) is 11.3 Å². The van der Waals surface area contributed by atoms with Crippen LogP contribution in [0.2, 0.25) is 0 Å². The summed E-state index contributed by atoms with van der Waals surface area (Å²) in [6, 6.07) is 7.37. The smallest absolute Gasteiger partial charge is 0.269 e. The number of ether oxygens (including phenoxy) is 1. The third-order valence-corrected chi connectivity index (χ3v) is 6.19. The van der Waals surface area contributed by atoms with Gasteiger partial charge in [-0.1, -0.05) is 12.1 Å². The van der Waals surface area contributed by atoms with Crippen molar-refractivity contribution in [2.24, 2.45) is 0 Å². The number of carbonyl (C=O) groups is 2. The normalized spacial score (nSPS) is 16.2. The molecular weight excluding hydrogens is 414 g/mol. The molecule has 0 spiro atoms. The van der Waals surface area contributed by atoms with Gasteiger partial charge in [0.15, 0.2) is 0 Å². The van der Waals surface area contributed by atoms with Crippen molar-refractivity contribution in [3.05, 3.63) is 63.6 Å². The van der Waals surface area contributed by atoms with E-state index in [0.717, 1.165) is 27.5 Å². The lowest BCUT2D eigenvalue weighted by Crippen LogP contribution is -2.42. The van der Waals surface area contributed by atoms with Gasteiger partial charge >= 0.3 is 0 Å². The van der Waals surface area contributed by atoms with E-state index in [4.69, 9.17) is 4.74 Å². The van der Waals surface area contributed by atoms with Crippen LogP contribution in [0.15, 0.2) is 36.7 Å². The first-order valence-electron chi connectivity index (χ1n) is 9.95. The first-order valence-corrected chi connectivity index (χ1v) is 10.8. The second kappa shape index (κ2) is 8.91. The van der Waals surface area contributed by atoms with Gasteiger partial charge in [0.25, 0.3) is 11.8 Å². The number of carbonyl (C=O) groups excluding carboxylic acids is 2. The Bertz CT molecular complexity index is 1100. The number of pyridine rings is 2. The maximum atomic E-state index is 12.9. The van der Waals surface area contributed by atoms with Crippen molar-refractivity contribution in [1.82, 2.24) is 25.2 Å². The summed E-state index contributed by atoms with van der Waals surface area (Å²) in [4.78, 5) is 40.2. The van der Waals surface area contributed by atoms with E-state index in [0.29, 0.717) is 30.3 Å². The van der Waals surface area contributed by atoms with Gasteiger partial charge in [0.05, 0.1) is 29.5 Å². The summed E-state index contributed by atoms with van der Waals surface area (Å²) < 4.78 is 5.89. The van der Waals surface area contributed by atoms with Gasteiger partial charge in [-0.2, -0.15) is 0 Å². The number of morpholine rings is 1. The minimum Gasteiger partial charge on any atom is -0.368 e. The summed E-state index contributed by atoms with van der Waals surface area (Å²) >= 11 is 1.43. The van der Waals surface area contributed by atoms with Gasteiger partial charge < -0.3 is 15.0 Å². The average Bonchev–Trinajstić information content (AvgIpc) is 3.16. The monoisotopic (exact) mass is 437 g/mol. The highest BCUT2D eigenvalue weighted by Crippen LogP contribution is 2.26. The summed E-state index contributed by atoms with van der Waals surface area (Å²) in [7, 11) is 1.57. The fourth-order valence-electron chi connectivity index (χ4n) is 3.48. The number of hydrogen-bond acceptors (Lipinski definition) is 7. The predicted molar refractivity (Wildman–Crippen MR) is 117 cm³/mol. The quantitative estimate of drug-likeness (QED) is 0.674. The van der Waals surface area contributed by atoms with Gasteiger partial charge in [-0.3, -0.25) is 19.6 Å². The van der Waals surface area contributed by atoms with E-state index in [-0.39, 0.29) is 17.9 Å². The van der Waals surface area contributed by atoms with Crippen LogP contribution in [0, 0.1) is 13.8 Å². The van der Waals surface area contributed by atoms with Crippen LogP contribution in [0.25, 0.3) is 11.1 Å². The molecule has 1 N–H and O–H groups in total. The van der Waals surface area contributed by atoms with E-state index in [1.165, 1.54) is 11.3 Å². The molecule has 0 saturated carbocycles. The van der Waals surface area contributed by atoms with E-state index in [1.807, 2.05) is 36.9 Å². The number of rotatable bonds is 4. The van der Waals surface area contributed by atoms with E-state index in [2.05, 4.69) is 20.3 Å². The molecule has 4 heterocycles. The second-order valence-corrected chi connectivity index (χ2v) is 8.44. The van der Waals surface area contributed by atoms with E-state index in [9.17, 15) is 9.59 Å². The van der Waals surface area contributed by atoms with Crippen LogP contribution >= 0.6 is 11.3 Å². The molecule has 0 radical (unpaired) electrons. The Morgan fingerprint density at radius 3 is 2.45 bits per heavy atom. The summed E-state index contributed by atoms with van der Waals surface area (Å²) in [5.41, 5.74) is 3.66. The SMILES string of the molecule is CNC(=O)c1ccc(-c2ccc([C@H]3CN(C(=O)c4sc(C)nc4C)CCO3)nc2)cn1. The Kier molecular flexibility index (Phi) is 6.06. The van der Waals surface area contributed by atoms with Crippen LogP contribution in [-0.4, -0.2) is 58.4 Å². The van der Waals surface area contributed by atoms with Crippen LogP contribution in [0.3, 0.4) is 0 Å². The molecule has 3 aromatic rings. The number of hydrogen-bond donors (Lipinski definition) is 1. The Morgan fingerprint density at radius 1 is 1.13 bits per heavy atom. The van der Waals surface area contributed by atoms with Crippen LogP contribution in [0.5, 0.6) is 0 Å². The molecule has 31 heavy (non-hydrogen) atoms. The molecule has 1 aliphatic heterocycles. The lowest BCUT2D eigenvalue weighted by atomic mass is 10.1. The topological polar surface area (TPSA) is 97.3 Å². The summed E-state index contributed by atoms with van der Waals surface area (Å²) in [5, 5.41) is 3.44. The molecule has 8 nitrogen and oxygen atoms in total. The number of nitrogens with one attached hydrogen (secondary N) is 1. The summed E-state index contributed by atoms with van der Waals surface area (Å²) in [6.07, 6.45) is 3.13. The molecular formula is C22H23N5O3S. The van der Waals surface area contributed by atoms with Crippen molar-refractivity contribution in [3.8, 4) is 11.1 Å². The zero-order valence-electron chi connectivity index (χ0n) is 17.6. The maximum absolute atomic E-state index is 12.9. The third kappa shape index (κ3) is 4.47. The number of aryl methyl sites for hydroxylation is 2. The molecule has 1 aliphatic rings. The Hall–Kier alpha value is -3.17. The largest absolute Gasteiger partial charge is 0.368 e. The van der Waals surface area contributed by atoms with Gasteiger partial charge in [-0.25, -0.2) is 4.98 Å². The van der Waals surface area contributed by atoms with Crippen LogP contribution in [-0.2, 0) is 4.74 Å². The molecule has 9 heteroatoms. The number of thiazole rings is 1. The lowest BCUT2D eigenvalue weighted by Gasteiger charge is -2.32. The molecule has 1 atom stereocenters. The summed E-state index contributed by atoms with van der Waals surface area (Å²) in [6.45, 7) is 5.23. The standard InChI is InChI=1S/C22H23N5O3S/c1-13-20(31-14(2)26-13)22(29)27-8-9-30-19(12-27)17-6-4-15(10-24-17)16-5-7-18(25-11-16)21(28)23-3/h4-7,10-11,19H,8-9,12H2,1-3H3,(H,23,28)/t19-/m1/s1. The van der Waals surface area contributed by atoms with Crippen LogP contribution < -0.4 is 5.32 Å². The second-order valence-electron chi connectivity index (χ2n) is 7.24. The van der Waals surface area contributed by atoms with E-state index < -0.39 is 0 Å². The Morgan fingerprint density at radius 2 is 1.87 bits per heavy atom. The third-order valence-electron chi connectivity index (χ3n) is 5.12. The molecule has 0 unspecified atom stereocenters. The molecule has 160 valence electrons.